The number of unbranched alkanes of at least 4 members (excludes halogenated alkanes) is 14. The Morgan fingerprint density at radius 2 is 1.07 bits per heavy atom. The summed E-state index contributed by atoms with van der Waals surface area (Å²) < 4.78 is 0. The highest BCUT2D eigenvalue weighted by Gasteiger charge is 2.08. The van der Waals surface area contributed by atoms with Gasteiger partial charge in [0.15, 0.2) is 0 Å². The summed E-state index contributed by atoms with van der Waals surface area (Å²) in [5.74, 6) is 0.696. The number of rotatable bonds is 21. The molecule has 29 heavy (non-hydrogen) atoms. The Balaban J connectivity index is 1.88. The standard InChI is InChI=1S/C28H50O/c1-2-3-4-5-6-7-8-9-10-11-12-13-14-15-17-22-28(25-26-29)24-23-27-20-18-16-19-21-27/h16,18-21,28-29H,2-15,17,22-26H2,1H3. The lowest BCUT2D eigenvalue weighted by Crippen LogP contribution is -2.05. The second-order valence-electron chi connectivity index (χ2n) is 9.14. The Hall–Kier alpha value is -0.820. The highest BCUT2D eigenvalue weighted by atomic mass is 16.3. The zero-order valence-electron chi connectivity index (χ0n) is 19.6. The molecule has 1 aromatic rings. The maximum absolute atomic E-state index is 9.36. The molecule has 0 saturated carbocycles. The van der Waals surface area contributed by atoms with Crippen molar-refractivity contribution in [2.75, 3.05) is 6.61 Å². The third-order valence-corrected chi connectivity index (χ3v) is 6.44. The second-order valence-corrected chi connectivity index (χ2v) is 9.14. The Kier molecular flexibility index (Phi) is 18.5. The summed E-state index contributed by atoms with van der Waals surface area (Å²) in [6, 6.07) is 10.8. The molecule has 1 unspecified atom stereocenters. The van der Waals surface area contributed by atoms with E-state index in [9.17, 15) is 5.11 Å². The molecule has 1 aromatic carbocycles. The van der Waals surface area contributed by atoms with Gasteiger partial charge < -0.3 is 5.11 Å². The van der Waals surface area contributed by atoms with Gasteiger partial charge in [0.05, 0.1) is 0 Å². The van der Waals surface area contributed by atoms with E-state index >= 15 is 0 Å². The fourth-order valence-electron chi connectivity index (χ4n) is 4.44. The molecule has 0 radical (unpaired) electrons. The monoisotopic (exact) mass is 402 g/mol. The van der Waals surface area contributed by atoms with E-state index in [0.29, 0.717) is 12.5 Å². The molecule has 0 saturated heterocycles. The van der Waals surface area contributed by atoms with Crippen LogP contribution in [-0.4, -0.2) is 11.7 Å². The number of aryl methyl sites for hydroxylation is 1. The lowest BCUT2D eigenvalue weighted by Gasteiger charge is -2.15. The normalized spacial score (nSPS) is 12.3. The van der Waals surface area contributed by atoms with Gasteiger partial charge in [-0.1, -0.05) is 140 Å². The van der Waals surface area contributed by atoms with Gasteiger partial charge in [-0.3, -0.25) is 0 Å². The molecule has 0 aliphatic rings. The SMILES string of the molecule is CCCCCCCCCCCCCCCCCC(CCO)CCc1ccccc1. The smallest absolute Gasteiger partial charge is 0.0433 e. The minimum absolute atomic E-state index is 0.345. The molecule has 1 atom stereocenters. The lowest BCUT2D eigenvalue weighted by molar-refractivity contribution is 0.244. The van der Waals surface area contributed by atoms with Crippen molar-refractivity contribution in [2.24, 2.45) is 5.92 Å². The van der Waals surface area contributed by atoms with Crippen LogP contribution in [0.3, 0.4) is 0 Å². The average molecular weight is 403 g/mol. The van der Waals surface area contributed by atoms with Crippen LogP contribution >= 0.6 is 0 Å². The summed E-state index contributed by atoms with van der Waals surface area (Å²) in [5.41, 5.74) is 1.44. The van der Waals surface area contributed by atoms with E-state index in [-0.39, 0.29) is 0 Å². The minimum Gasteiger partial charge on any atom is -0.396 e. The number of aliphatic hydroxyl groups is 1. The highest BCUT2D eigenvalue weighted by Crippen LogP contribution is 2.21. The third-order valence-electron chi connectivity index (χ3n) is 6.44. The van der Waals surface area contributed by atoms with Crippen LogP contribution in [0.15, 0.2) is 30.3 Å². The second kappa shape index (κ2) is 20.5. The van der Waals surface area contributed by atoms with Crippen molar-refractivity contribution in [3.05, 3.63) is 35.9 Å². The number of aliphatic hydroxyl groups excluding tert-OH is 1. The van der Waals surface area contributed by atoms with E-state index < -0.39 is 0 Å². The van der Waals surface area contributed by atoms with E-state index in [2.05, 4.69) is 37.3 Å². The Bertz CT molecular complexity index is 427. The summed E-state index contributed by atoms with van der Waals surface area (Å²) in [5, 5.41) is 9.36. The van der Waals surface area contributed by atoms with Crippen LogP contribution in [0.4, 0.5) is 0 Å². The zero-order valence-corrected chi connectivity index (χ0v) is 19.6. The molecule has 168 valence electrons. The van der Waals surface area contributed by atoms with Gasteiger partial charge in [-0.2, -0.15) is 0 Å². The van der Waals surface area contributed by atoms with Gasteiger partial charge in [-0.25, -0.2) is 0 Å². The van der Waals surface area contributed by atoms with E-state index in [1.54, 1.807) is 0 Å². The molecule has 1 rings (SSSR count). The van der Waals surface area contributed by atoms with Gasteiger partial charge in [-0.05, 0) is 30.7 Å². The summed E-state index contributed by atoms with van der Waals surface area (Å²) in [6.45, 7) is 2.64. The Morgan fingerprint density at radius 3 is 1.55 bits per heavy atom. The van der Waals surface area contributed by atoms with E-state index in [1.807, 2.05) is 0 Å². The first-order valence-electron chi connectivity index (χ1n) is 13.0. The molecule has 0 heterocycles. The van der Waals surface area contributed by atoms with Crippen LogP contribution in [-0.2, 0) is 6.42 Å². The molecule has 0 aliphatic heterocycles. The molecule has 1 N–H and O–H groups in total. The summed E-state index contributed by atoms with van der Waals surface area (Å²) in [7, 11) is 0. The quantitative estimate of drug-likeness (QED) is 0.203. The van der Waals surface area contributed by atoms with Gasteiger partial charge >= 0.3 is 0 Å². The largest absolute Gasteiger partial charge is 0.396 e. The van der Waals surface area contributed by atoms with Crippen molar-refractivity contribution in [2.45, 2.75) is 129 Å². The molecule has 0 aromatic heterocycles. The van der Waals surface area contributed by atoms with Crippen LogP contribution < -0.4 is 0 Å². The Morgan fingerprint density at radius 1 is 0.586 bits per heavy atom. The van der Waals surface area contributed by atoms with Gasteiger partial charge in [0.1, 0.15) is 0 Å². The van der Waals surface area contributed by atoms with Crippen molar-refractivity contribution in [3.63, 3.8) is 0 Å². The van der Waals surface area contributed by atoms with Gasteiger partial charge in [0.25, 0.3) is 0 Å². The maximum atomic E-state index is 9.36. The molecule has 0 bridgehead atoms. The summed E-state index contributed by atoms with van der Waals surface area (Å²) in [6.07, 6.45) is 26.1. The summed E-state index contributed by atoms with van der Waals surface area (Å²) >= 11 is 0. The van der Waals surface area contributed by atoms with Crippen molar-refractivity contribution in [1.82, 2.24) is 0 Å². The number of hydrogen-bond acceptors (Lipinski definition) is 1. The fraction of sp³-hybridized carbons (Fsp3) is 0.786. The van der Waals surface area contributed by atoms with Crippen molar-refractivity contribution >= 4 is 0 Å². The number of benzene rings is 1. The molecular weight excluding hydrogens is 352 g/mol. The van der Waals surface area contributed by atoms with Crippen molar-refractivity contribution in [1.29, 1.82) is 0 Å². The Labute approximate surface area is 182 Å². The van der Waals surface area contributed by atoms with Crippen LogP contribution in [0.2, 0.25) is 0 Å². The fourth-order valence-corrected chi connectivity index (χ4v) is 4.44. The zero-order chi connectivity index (χ0) is 20.8. The van der Waals surface area contributed by atoms with Crippen LogP contribution in [0.5, 0.6) is 0 Å². The van der Waals surface area contributed by atoms with Gasteiger partial charge in [-0.15, -0.1) is 0 Å². The minimum atomic E-state index is 0.345. The van der Waals surface area contributed by atoms with Crippen molar-refractivity contribution < 1.29 is 5.11 Å². The molecule has 0 spiro atoms. The van der Waals surface area contributed by atoms with Crippen LogP contribution in [0, 0.1) is 5.92 Å². The highest BCUT2D eigenvalue weighted by molar-refractivity contribution is 5.14. The molecule has 0 aliphatic carbocycles. The predicted molar refractivity (Wildman–Crippen MR) is 130 cm³/mol. The van der Waals surface area contributed by atoms with E-state index in [4.69, 9.17) is 0 Å². The van der Waals surface area contributed by atoms with Crippen LogP contribution in [0.1, 0.15) is 128 Å². The molecule has 1 heteroatoms. The first-order valence-corrected chi connectivity index (χ1v) is 13.0. The van der Waals surface area contributed by atoms with E-state index in [1.165, 1.54) is 115 Å². The van der Waals surface area contributed by atoms with E-state index in [0.717, 1.165) is 12.8 Å². The third kappa shape index (κ3) is 16.6. The molecule has 0 amide bonds. The molecule has 1 nitrogen and oxygen atoms in total. The first kappa shape index (κ1) is 26.2. The predicted octanol–water partition coefficient (Wildman–Crippen LogP) is 8.88. The number of hydrogen-bond donors (Lipinski definition) is 1. The topological polar surface area (TPSA) is 20.2 Å². The summed E-state index contributed by atoms with van der Waals surface area (Å²) in [4.78, 5) is 0. The van der Waals surface area contributed by atoms with Crippen LogP contribution in [0.25, 0.3) is 0 Å². The molecular formula is C28H50O. The first-order chi connectivity index (χ1) is 14.4. The lowest BCUT2D eigenvalue weighted by atomic mass is 9.91. The van der Waals surface area contributed by atoms with Crippen molar-refractivity contribution in [3.8, 4) is 0 Å². The van der Waals surface area contributed by atoms with Gasteiger partial charge in [0, 0.05) is 6.61 Å². The maximum Gasteiger partial charge on any atom is 0.0433 e. The molecule has 0 fully saturated rings. The average Bonchev–Trinajstić information content (AvgIpc) is 2.75. The van der Waals surface area contributed by atoms with Gasteiger partial charge in [0.2, 0.25) is 0 Å².